The average molecular weight is 367 g/mol. The van der Waals surface area contributed by atoms with Gasteiger partial charge in [-0.2, -0.15) is 0 Å². The van der Waals surface area contributed by atoms with Crippen LogP contribution in [0.3, 0.4) is 0 Å². The second kappa shape index (κ2) is 6.22. The van der Waals surface area contributed by atoms with E-state index in [0.29, 0.717) is 0 Å². The van der Waals surface area contributed by atoms with Crippen molar-refractivity contribution in [3.8, 4) is 0 Å². The van der Waals surface area contributed by atoms with E-state index in [-0.39, 0.29) is 6.10 Å². The van der Waals surface area contributed by atoms with Crippen LogP contribution >= 0.6 is 34.2 Å². The standard InChI is InChI=1S/C12H16ClIN2O/c1-16-4-5-17-10(8-16)7-15-12-3-2-9(13)6-11(12)14/h2-3,6,10,15H,4-5,7-8H2,1H3. The van der Waals surface area contributed by atoms with E-state index in [2.05, 4.69) is 39.9 Å². The van der Waals surface area contributed by atoms with Crippen LogP contribution in [0.2, 0.25) is 5.02 Å². The van der Waals surface area contributed by atoms with Crippen molar-refractivity contribution in [2.45, 2.75) is 6.10 Å². The molecular formula is C12H16ClIN2O. The van der Waals surface area contributed by atoms with Crippen LogP contribution in [-0.2, 0) is 4.74 Å². The Morgan fingerprint density at radius 3 is 3.12 bits per heavy atom. The zero-order chi connectivity index (χ0) is 12.3. The summed E-state index contributed by atoms with van der Waals surface area (Å²) in [6, 6.07) is 5.87. The molecule has 0 aromatic heterocycles. The molecule has 0 saturated carbocycles. The Bertz CT molecular complexity index is 389. The van der Waals surface area contributed by atoms with Crippen molar-refractivity contribution < 1.29 is 4.74 Å². The maximum Gasteiger partial charge on any atom is 0.0874 e. The van der Waals surface area contributed by atoms with Crippen LogP contribution in [0.4, 0.5) is 5.69 Å². The minimum atomic E-state index is 0.264. The molecule has 1 unspecified atom stereocenters. The average Bonchev–Trinajstić information content (AvgIpc) is 2.28. The fraction of sp³-hybridized carbons (Fsp3) is 0.500. The monoisotopic (exact) mass is 366 g/mol. The van der Waals surface area contributed by atoms with E-state index in [9.17, 15) is 0 Å². The number of nitrogens with zero attached hydrogens (tertiary/aromatic N) is 1. The van der Waals surface area contributed by atoms with Gasteiger partial charge in [0.15, 0.2) is 0 Å². The molecule has 1 aliphatic heterocycles. The maximum atomic E-state index is 5.92. The lowest BCUT2D eigenvalue weighted by Crippen LogP contribution is -2.43. The molecule has 5 heteroatoms. The third-order valence-corrected chi connectivity index (χ3v) is 3.92. The van der Waals surface area contributed by atoms with Gasteiger partial charge in [-0.15, -0.1) is 0 Å². The lowest BCUT2D eigenvalue weighted by molar-refractivity contribution is -0.0117. The Morgan fingerprint density at radius 2 is 2.41 bits per heavy atom. The zero-order valence-corrected chi connectivity index (χ0v) is 12.7. The normalized spacial score (nSPS) is 21.5. The van der Waals surface area contributed by atoms with Gasteiger partial charge < -0.3 is 15.0 Å². The highest BCUT2D eigenvalue weighted by atomic mass is 127. The van der Waals surface area contributed by atoms with Gasteiger partial charge in [-0.05, 0) is 47.8 Å². The summed E-state index contributed by atoms with van der Waals surface area (Å²) < 4.78 is 6.84. The van der Waals surface area contributed by atoms with E-state index in [4.69, 9.17) is 16.3 Å². The summed E-state index contributed by atoms with van der Waals surface area (Å²) in [5, 5.41) is 4.18. The molecule has 1 aromatic rings. The topological polar surface area (TPSA) is 24.5 Å². The van der Waals surface area contributed by atoms with Crippen LogP contribution < -0.4 is 5.32 Å². The van der Waals surface area contributed by atoms with E-state index in [1.165, 1.54) is 0 Å². The number of anilines is 1. The van der Waals surface area contributed by atoms with Crippen molar-refractivity contribution in [2.24, 2.45) is 0 Å². The SMILES string of the molecule is CN1CCOC(CNc2ccc(Cl)cc2I)C1. The maximum absolute atomic E-state index is 5.92. The van der Waals surface area contributed by atoms with Gasteiger partial charge in [-0.3, -0.25) is 0 Å². The predicted molar refractivity (Wildman–Crippen MR) is 79.9 cm³/mol. The minimum Gasteiger partial charge on any atom is -0.382 e. The highest BCUT2D eigenvalue weighted by Crippen LogP contribution is 2.22. The molecular weight excluding hydrogens is 351 g/mol. The molecule has 94 valence electrons. The first-order valence-corrected chi connectivity index (χ1v) is 7.10. The number of halogens is 2. The summed E-state index contributed by atoms with van der Waals surface area (Å²) in [4.78, 5) is 2.29. The predicted octanol–water partition coefficient (Wildman–Crippen LogP) is 2.69. The Hall–Kier alpha value is -0.0400. The Kier molecular flexibility index (Phi) is 4.90. The second-order valence-electron chi connectivity index (χ2n) is 4.26. The molecule has 1 fully saturated rings. The third kappa shape index (κ3) is 3.98. The van der Waals surface area contributed by atoms with Crippen molar-refractivity contribution in [3.63, 3.8) is 0 Å². The van der Waals surface area contributed by atoms with Crippen molar-refractivity contribution in [1.29, 1.82) is 0 Å². The first-order valence-electron chi connectivity index (χ1n) is 5.64. The lowest BCUT2D eigenvalue weighted by Gasteiger charge is -2.30. The molecule has 1 N–H and O–H groups in total. The highest BCUT2D eigenvalue weighted by Gasteiger charge is 2.17. The Labute approximate surface area is 121 Å². The third-order valence-electron chi connectivity index (χ3n) is 2.79. The van der Waals surface area contributed by atoms with Gasteiger partial charge in [0.05, 0.1) is 12.7 Å². The number of nitrogens with one attached hydrogen (secondary N) is 1. The van der Waals surface area contributed by atoms with Crippen LogP contribution in [0.5, 0.6) is 0 Å². The number of hydrogen-bond donors (Lipinski definition) is 1. The van der Waals surface area contributed by atoms with E-state index < -0.39 is 0 Å². The van der Waals surface area contributed by atoms with Gasteiger partial charge in [-0.1, -0.05) is 11.6 Å². The molecule has 0 spiro atoms. The van der Waals surface area contributed by atoms with E-state index in [1.807, 2.05) is 18.2 Å². The second-order valence-corrected chi connectivity index (χ2v) is 5.86. The lowest BCUT2D eigenvalue weighted by atomic mass is 10.2. The fourth-order valence-corrected chi connectivity index (χ4v) is 2.91. The van der Waals surface area contributed by atoms with Crippen molar-refractivity contribution in [1.82, 2.24) is 4.90 Å². The van der Waals surface area contributed by atoms with Crippen molar-refractivity contribution >= 4 is 39.9 Å². The minimum absolute atomic E-state index is 0.264. The molecule has 3 nitrogen and oxygen atoms in total. The number of benzene rings is 1. The van der Waals surface area contributed by atoms with Crippen LogP contribution in [0, 0.1) is 3.57 Å². The van der Waals surface area contributed by atoms with Crippen LogP contribution in [0.15, 0.2) is 18.2 Å². The fourth-order valence-electron chi connectivity index (χ4n) is 1.85. The van der Waals surface area contributed by atoms with Gasteiger partial charge in [0, 0.05) is 33.9 Å². The Morgan fingerprint density at radius 1 is 1.59 bits per heavy atom. The molecule has 1 aliphatic rings. The molecule has 0 radical (unpaired) electrons. The summed E-state index contributed by atoms with van der Waals surface area (Å²) in [7, 11) is 2.13. The number of likely N-dealkylation sites (N-methyl/N-ethyl adjacent to an activating group) is 1. The zero-order valence-electron chi connectivity index (χ0n) is 9.75. The van der Waals surface area contributed by atoms with Gasteiger partial charge in [0.1, 0.15) is 0 Å². The van der Waals surface area contributed by atoms with Crippen LogP contribution in [0.1, 0.15) is 0 Å². The van der Waals surface area contributed by atoms with E-state index in [0.717, 1.165) is 40.5 Å². The van der Waals surface area contributed by atoms with E-state index >= 15 is 0 Å². The quantitative estimate of drug-likeness (QED) is 0.833. The summed E-state index contributed by atoms with van der Waals surface area (Å²) in [5.74, 6) is 0. The molecule has 1 aromatic carbocycles. The number of hydrogen-bond acceptors (Lipinski definition) is 3. The molecule has 2 rings (SSSR count). The van der Waals surface area contributed by atoms with Gasteiger partial charge in [-0.25, -0.2) is 0 Å². The number of morpholine rings is 1. The molecule has 1 heterocycles. The number of rotatable bonds is 3. The first kappa shape index (κ1) is 13.4. The van der Waals surface area contributed by atoms with Crippen LogP contribution in [-0.4, -0.2) is 44.3 Å². The van der Waals surface area contributed by atoms with Gasteiger partial charge in [0.25, 0.3) is 0 Å². The largest absolute Gasteiger partial charge is 0.382 e. The summed E-state index contributed by atoms with van der Waals surface area (Å²) in [6.45, 7) is 3.66. The van der Waals surface area contributed by atoms with Gasteiger partial charge >= 0.3 is 0 Å². The van der Waals surface area contributed by atoms with Crippen molar-refractivity contribution in [3.05, 3.63) is 26.8 Å². The Balaban J connectivity index is 1.88. The van der Waals surface area contributed by atoms with Crippen LogP contribution in [0.25, 0.3) is 0 Å². The molecule has 1 saturated heterocycles. The highest BCUT2D eigenvalue weighted by molar-refractivity contribution is 14.1. The van der Waals surface area contributed by atoms with E-state index in [1.54, 1.807) is 0 Å². The first-order chi connectivity index (χ1) is 8.15. The smallest absolute Gasteiger partial charge is 0.0874 e. The molecule has 1 atom stereocenters. The summed E-state index contributed by atoms with van der Waals surface area (Å²) >= 11 is 8.21. The molecule has 0 amide bonds. The van der Waals surface area contributed by atoms with Crippen molar-refractivity contribution in [2.75, 3.05) is 38.6 Å². The number of ether oxygens (including phenoxy) is 1. The molecule has 0 aliphatic carbocycles. The molecule has 0 bridgehead atoms. The van der Waals surface area contributed by atoms with Gasteiger partial charge in [0.2, 0.25) is 0 Å². The molecule has 17 heavy (non-hydrogen) atoms. The summed E-state index contributed by atoms with van der Waals surface area (Å²) in [5.41, 5.74) is 1.12. The summed E-state index contributed by atoms with van der Waals surface area (Å²) in [6.07, 6.45) is 0.264.